The number of ether oxygens (including phenoxy) is 1. The van der Waals surface area contributed by atoms with Crippen LogP contribution < -0.4 is 10.5 Å². The first-order chi connectivity index (χ1) is 6.79. The predicted molar refractivity (Wildman–Crippen MR) is 54.1 cm³/mol. The molecule has 0 radical (unpaired) electrons. The first-order valence-corrected chi connectivity index (χ1v) is 4.77. The van der Waals surface area contributed by atoms with Crippen LogP contribution in [-0.4, -0.2) is 22.1 Å². The number of methoxy groups -OCH3 is 1. The van der Waals surface area contributed by atoms with Crippen molar-refractivity contribution in [2.45, 2.75) is 0 Å². The molecule has 0 unspecified atom stereocenters. The summed E-state index contributed by atoms with van der Waals surface area (Å²) in [7, 11) is 1.49. The van der Waals surface area contributed by atoms with Crippen molar-refractivity contribution in [1.29, 1.82) is 0 Å². The van der Waals surface area contributed by atoms with E-state index in [-0.39, 0.29) is 12.0 Å². The topological polar surface area (TPSA) is 73.9 Å². The molecule has 0 aliphatic carbocycles. The van der Waals surface area contributed by atoms with Crippen molar-refractivity contribution < 1.29 is 4.74 Å². The summed E-state index contributed by atoms with van der Waals surface area (Å²) in [4.78, 5) is 12.8. The number of hydrogen-bond donors (Lipinski definition) is 1. The second-order valence-electron chi connectivity index (χ2n) is 2.48. The Morgan fingerprint density at radius 1 is 1.36 bits per heavy atom. The maximum absolute atomic E-state index is 5.50. The Balaban J connectivity index is 2.48. The fraction of sp³-hybridized carbons (Fsp3) is 0.125. The van der Waals surface area contributed by atoms with Crippen LogP contribution in [0.15, 0.2) is 17.5 Å². The highest BCUT2D eigenvalue weighted by atomic mass is 32.1. The summed E-state index contributed by atoms with van der Waals surface area (Å²) in [6, 6.07) is 4.08. The van der Waals surface area contributed by atoms with Gasteiger partial charge in [0.1, 0.15) is 0 Å². The Bertz CT molecular complexity index is 429. The lowest BCUT2D eigenvalue weighted by Gasteiger charge is -2.00. The minimum atomic E-state index is 0.167. The summed E-state index contributed by atoms with van der Waals surface area (Å²) in [6.45, 7) is 0. The van der Waals surface area contributed by atoms with Crippen LogP contribution in [-0.2, 0) is 0 Å². The largest absolute Gasteiger partial charge is 0.467 e. The van der Waals surface area contributed by atoms with Crippen LogP contribution in [0.4, 0.5) is 5.95 Å². The maximum atomic E-state index is 5.50. The van der Waals surface area contributed by atoms with Crippen molar-refractivity contribution in [2.24, 2.45) is 0 Å². The van der Waals surface area contributed by atoms with Gasteiger partial charge in [0.2, 0.25) is 5.95 Å². The molecule has 0 spiro atoms. The van der Waals surface area contributed by atoms with Crippen LogP contribution in [0.5, 0.6) is 6.01 Å². The van der Waals surface area contributed by atoms with Gasteiger partial charge in [0.25, 0.3) is 0 Å². The number of rotatable bonds is 2. The molecule has 0 aliphatic rings. The van der Waals surface area contributed by atoms with Crippen molar-refractivity contribution in [1.82, 2.24) is 15.0 Å². The SMILES string of the molecule is COc1nc(N)nc(-c2cccs2)n1. The van der Waals surface area contributed by atoms with Crippen LogP contribution in [0.3, 0.4) is 0 Å². The number of thiophene rings is 1. The van der Waals surface area contributed by atoms with Gasteiger partial charge in [-0.3, -0.25) is 0 Å². The van der Waals surface area contributed by atoms with Gasteiger partial charge in [-0.2, -0.15) is 15.0 Å². The number of nitrogen functional groups attached to an aromatic ring is 1. The Morgan fingerprint density at radius 2 is 2.21 bits per heavy atom. The van der Waals surface area contributed by atoms with Crippen LogP contribution in [0.2, 0.25) is 0 Å². The summed E-state index contributed by atoms with van der Waals surface area (Å²) < 4.78 is 4.90. The highest BCUT2D eigenvalue weighted by Gasteiger charge is 2.06. The predicted octanol–water partition coefficient (Wildman–Crippen LogP) is 1.19. The van der Waals surface area contributed by atoms with E-state index >= 15 is 0 Å². The molecular formula is C8H8N4OS. The van der Waals surface area contributed by atoms with E-state index in [4.69, 9.17) is 10.5 Å². The molecule has 0 aliphatic heterocycles. The standard InChI is InChI=1S/C8H8N4OS/c1-13-8-11-6(10-7(9)12-8)5-3-2-4-14-5/h2-4H,1H3,(H2,9,10,11,12). The van der Waals surface area contributed by atoms with E-state index in [1.165, 1.54) is 7.11 Å². The summed E-state index contributed by atoms with van der Waals surface area (Å²) >= 11 is 1.54. The fourth-order valence-electron chi connectivity index (χ4n) is 0.979. The Labute approximate surface area is 84.6 Å². The van der Waals surface area contributed by atoms with Gasteiger partial charge in [-0.1, -0.05) is 6.07 Å². The quantitative estimate of drug-likeness (QED) is 0.802. The molecule has 0 fully saturated rings. The highest BCUT2D eigenvalue weighted by Crippen LogP contribution is 2.22. The van der Waals surface area contributed by atoms with Gasteiger partial charge in [0.05, 0.1) is 12.0 Å². The third-order valence-electron chi connectivity index (χ3n) is 1.56. The molecule has 2 N–H and O–H groups in total. The van der Waals surface area contributed by atoms with E-state index in [0.29, 0.717) is 5.82 Å². The zero-order valence-electron chi connectivity index (χ0n) is 7.47. The molecule has 6 heteroatoms. The van der Waals surface area contributed by atoms with E-state index in [1.54, 1.807) is 11.3 Å². The van der Waals surface area contributed by atoms with Crippen LogP contribution in [0, 0.1) is 0 Å². The van der Waals surface area contributed by atoms with Gasteiger partial charge in [-0.15, -0.1) is 11.3 Å². The summed E-state index contributed by atoms with van der Waals surface area (Å²) in [5.41, 5.74) is 5.50. The fourth-order valence-corrected chi connectivity index (χ4v) is 1.64. The van der Waals surface area contributed by atoms with Crippen molar-refractivity contribution in [3.8, 4) is 16.7 Å². The summed E-state index contributed by atoms with van der Waals surface area (Å²) in [5, 5.41) is 1.95. The third kappa shape index (κ3) is 1.64. The molecule has 0 bridgehead atoms. The van der Waals surface area contributed by atoms with Crippen molar-refractivity contribution in [2.75, 3.05) is 12.8 Å². The maximum Gasteiger partial charge on any atom is 0.321 e. The van der Waals surface area contributed by atoms with Crippen molar-refractivity contribution in [3.63, 3.8) is 0 Å². The minimum absolute atomic E-state index is 0.167. The minimum Gasteiger partial charge on any atom is -0.467 e. The molecule has 0 saturated heterocycles. The van der Waals surface area contributed by atoms with Gasteiger partial charge in [0.15, 0.2) is 5.82 Å². The molecule has 0 atom stereocenters. The van der Waals surface area contributed by atoms with Gasteiger partial charge in [-0.05, 0) is 11.4 Å². The molecule has 5 nitrogen and oxygen atoms in total. The van der Waals surface area contributed by atoms with E-state index in [2.05, 4.69) is 15.0 Å². The molecule has 2 rings (SSSR count). The molecule has 2 aromatic heterocycles. The van der Waals surface area contributed by atoms with E-state index < -0.39 is 0 Å². The average molecular weight is 208 g/mol. The highest BCUT2D eigenvalue weighted by molar-refractivity contribution is 7.13. The average Bonchev–Trinajstić information content (AvgIpc) is 2.69. The molecule has 14 heavy (non-hydrogen) atoms. The number of nitrogens with zero attached hydrogens (tertiary/aromatic N) is 3. The molecule has 2 heterocycles. The summed E-state index contributed by atoms with van der Waals surface area (Å²) in [5.74, 6) is 0.713. The molecule has 0 saturated carbocycles. The number of nitrogens with two attached hydrogens (primary N) is 1. The lowest BCUT2D eigenvalue weighted by atomic mass is 10.4. The normalized spacial score (nSPS) is 10.1. The van der Waals surface area contributed by atoms with E-state index in [0.717, 1.165) is 4.88 Å². The summed E-state index contributed by atoms with van der Waals surface area (Å²) in [6.07, 6.45) is 0. The first-order valence-electron chi connectivity index (χ1n) is 3.89. The van der Waals surface area contributed by atoms with Crippen LogP contribution >= 0.6 is 11.3 Å². The molecule has 0 amide bonds. The van der Waals surface area contributed by atoms with Crippen LogP contribution in [0.1, 0.15) is 0 Å². The second-order valence-corrected chi connectivity index (χ2v) is 3.43. The van der Waals surface area contributed by atoms with Crippen LogP contribution in [0.25, 0.3) is 10.7 Å². The Kier molecular flexibility index (Phi) is 2.28. The lowest BCUT2D eigenvalue weighted by Crippen LogP contribution is -2.01. The van der Waals surface area contributed by atoms with E-state index in [1.807, 2.05) is 17.5 Å². The zero-order chi connectivity index (χ0) is 9.97. The molecule has 72 valence electrons. The molecular weight excluding hydrogens is 200 g/mol. The van der Waals surface area contributed by atoms with Gasteiger partial charge < -0.3 is 10.5 Å². The van der Waals surface area contributed by atoms with Gasteiger partial charge >= 0.3 is 6.01 Å². The second kappa shape index (κ2) is 3.59. The monoisotopic (exact) mass is 208 g/mol. The molecule has 0 aromatic carbocycles. The van der Waals surface area contributed by atoms with Gasteiger partial charge in [0, 0.05) is 0 Å². The number of aromatic nitrogens is 3. The Hall–Kier alpha value is -1.69. The first kappa shape index (κ1) is 8.89. The van der Waals surface area contributed by atoms with Crippen molar-refractivity contribution >= 4 is 17.3 Å². The Morgan fingerprint density at radius 3 is 2.86 bits per heavy atom. The smallest absolute Gasteiger partial charge is 0.321 e. The van der Waals surface area contributed by atoms with Gasteiger partial charge in [-0.25, -0.2) is 0 Å². The molecule has 2 aromatic rings. The number of anilines is 1. The third-order valence-corrected chi connectivity index (χ3v) is 2.42. The van der Waals surface area contributed by atoms with Crippen molar-refractivity contribution in [3.05, 3.63) is 17.5 Å². The lowest BCUT2D eigenvalue weighted by molar-refractivity contribution is 0.379. The zero-order valence-corrected chi connectivity index (χ0v) is 8.28. The van der Waals surface area contributed by atoms with E-state index in [9.17, 15) is 0 Å². The number of hydrogen-bond acceptors (Lipinski definition) is 6.